The largest absolute Gasteiger partial charge is 0.472 e. The van der Waals surface area contributed by atoms with Gasteiger partial charge in [-0.05, 0) is 25.7 Å². The highest BCUT2D eigenvalue weighted by Crippen LogP contribution is 2.45. The maximum absolute atomic E-state index is 13.2. The molecule has 106 heavy (non-hydrogen) atoms. The van der Waals surface area contributed by atoms with Crippen LogP contribution in [0.15, 0.2) is 0 Å². The lowest BCUT2D eigenvalue weighted by Gasteiger charge is -2.21. The Kier molecular flexibility index (Phi) is 79.6. The van der Waals surface area contributed by atoms with Crippen molar-refractivity contribution in [3.05, 3.63) is 0 Å². The molecular weight excluding hydrogens is 1380 g/mol. The number of rotatable bonds is 88. The van der Waals surface area contributed by atoms with E-state index in [-0.39, 0.29) is 25.7 Å². The van der Waals surface area contributed by atoms with Crippen molar-refractivity contribution in [2.75, 3.05) is 39.6 Å². The maximum atomic E-state index is 13.2. The zero-order valence-corrected chi connectivity index (χ0v) is 71.2. The molecule has 0 fully saturated rings. The highest BCUT2D eigenvalue weighted by Gasteiger charge is 2.30. The molecule has 0 bridgehead atoms. The van der Waals surface area contributed by atoms with Crippen LogP contribution in [0.3, 0.4) is 0 Å². The van der Waals surface area contributed by atoms with Gasteiger partial charge in [0.15, 0.2) is 12.2 Å². The van der Waals surface area contributed by atoms with E-state index in [0.717, 1.165) is 89.9 Å². The van der Waals surface area contributed by atoms with Gasteiger partial charge >= 0.3 is 39.5 Å². The van der Waals surface area contributed by atoms with Gasteiger partial charge in [-0.25, -0.2) is 9.13 Å². The number of aliphatic hydroxyl groups excluding tert-OH is 1. The number of carbonyl (C=O) groups excluding carboxylic acids is 4. The lowest BCUT2D eigenvalue weighted by atomic mass is 10.0. The molecule has 17 nitrogen and oxygen atoms in total. The maximum Gasteiger partial charge on any atom is 0.472 e. The quantitative estimate of drug-likeness (QED) is 0.0222. The molecule has 0 amide bonds. The number of esters is 4. The summed E-state index contributed by atoms with van der Waals surface area (Å²) in [4.78, 5) is 73.3. The van der Waals surface area contributed by atoms with E-state index in [2.05, 4.69) is 27.7 Å². The van der Waals surface area contributed by atoms with Gasteiger partial charge in [-0.2, -0.15) is 0 Å². The molecular formula is C87H170O17P2. The zero-order valence-electron chi connectivity index (χ0n) is 69.4. The lowest BCUT2D eigenvalue weighted by Crippen LogP contribution is -2.30. The second-order valence-corrected chi connectivity index (χ2v) is 34.2. The molecule has 5 atom stereocenters. The molecule has 0 heterocycles. The van der Waals surface area contributed by atoms with Gasteiger partial charge < -0.3 is 33.8 Å². The molecule has 19 heteroatoms. The van der Waals surface area contributed by atoms with E-state index in [1.54, 1.807) is 0 Å². The van der Waals surface area contributed by atoms with Crippen LogP contribution in [0.25, 0.3) is 0 Å². The number of phosphoric ester groups is 2. The van der Waals surface area contributed by atoms with Gasteiger partial charge in [-0.15, -0.1) is 0 Å². The summed E-state index contributed by atoms with van der Waals surface area (Å²) in [6, 6.07) is 0. The second kappa shape index (κ2) is 81.1. The minimum atomic E-state index is -4.97. The molecule has 0 aliphatic rings. The van der Waals surface area contributed by atoms with E-state index in [9.17, 15) is 43.2 Å². The molecule has 0 aromatic carbocycles. The average Bonchev–Trinajstić information content (AvgIpc) is 0.903. The van der Waals surface area contributed by atoms with Crippen LogP contribution in [0.2, 0.25) is 0 Å². The van der Waals surface area contributed by atoms with E-state index < -0.39 is 97.5 Å². The Morgan fingerprint density at radius 2 is 0.377 bits per heavy atom. The summed E-state index contributed by atoms with van der Waals surface area (Å²) in [5.74, 6) is -2.09. The van der Waals surface area contributed by atoms with Crippen LogP contribution in [0.5, 0.6) is 0 Å². The van der Waals surface area contributed by atoms with E-state index in [0.29, 0.717) is 25.7 Å². The first kappa shape index (κ1) is 104. The summed E-state index contributed by atoms with van der Waals surface area (Å²) in [6.45, 7) is 5.07. The van der Waals surface area contributed by atoms with Gasteiger partial charge in [0.05, 0.1) is 26.4 Å². The Balaban J connectivity index is 5.24. The summed E-state index contributed by atoms with van der Waals surface area (Å²) < 4.78 is 69.0. The van der Waals surface area contributed by atoms with E-state index in [1.165, 1.54) is 308 Å². The standard InChI is InChI=1S/C87H170O17P2/c1-5-9-13-17-21-25-29-32-35-38-40-43-45-48-52-56-60-64-68-72-85(90)98-78-83(104-87(92)74-70-66-62-58-54-50-47-44-41-39-36-33-30-26-22-18-14-10-6-2)80-102-106(95,96)100-76-81(88)75-99-105(93,94)101-79-82(77-97-84(89)71-67-63-59-55-51-28-24-20-16-12-8-4)103-86(91)73-69-65-61-57-53-49-46-42-37-34-31-27-23-19-15-11-7-3/h81-83,88H,5-80H2,1-4H3,(H,93,94)(H,95,96)/t81?,82-,83-/m1/s1. The van der Waals surface area contributed by atoms with Gasteiger partial charge in [0.1, 0.15) is 19.3 Å². The SMILES string of the molecule is CCCCCCCCCCCCCCCCCCCCCC(=O)OC[C@H](COP(=O)(O)OCC(O)COP(=O)(O)OC[C@@H](COC(=O)CCCCCCCCCCCCC)OC(=O)CCCCCCCCCCCCCCCCCCC)OC(=O)CCCCCCCCCCCCCCCCCCCCC. The molecule has 0 saturated heterocycles. The smallest absolute Gasteiger partial charge is 0.462 e. The third kappa shape index (κ3) is 80.1. The molecule has 0 radical (unpaired) electrons. The first-order valence-corrected chi connectivity index (χ1v) is 48.3. The van der Waals surface area contributed by atoms with Crippen LogP contribution in [0, 0.1) is 0 Å². The molecule has 0 aromatic heterocycles. The van der Waals surface area contributed by atoms with Crippen molar-refractivity contribution in [3.63, 3.8) is 0 Å². The molecule has 630 valence electrons. The summed E-state index contributed by atoms with van der Waals surface area (Å²) in [7, 11) is -9.93. The summed E-state index contributed by atoms with van der Waals surface area (Å²) >= 11 is 0. The predicted octanol–water partition coefficient (Wildman–Crippen LogP) is 26.9. The van der Waals surface area contributed by atoms with Crippen molar-refractivity contribution in [2.45, 2.75) is 495 Å². The van der Waals surface area contributed by atoms with Crippen LogP contribution in [0.4, 0.5) is 0 Å². The first-order chi connectivity index (χ1) is 51.7. The minimum Gasteiger partial charge on any atom is -0.462 e. The fourth-order valence-electron chi connectivity index (χ4n) is 13.7. The van der Waals surface area contributed by atoms with Crippen LogP contribution in [0.1, 0.15) is 477 Å². The van der Waals surface area contributed by atoms with Crippen molar-refractivity contribution in [3.8, 4) is 0 Å². The fourth-order valence-corrected chi connectivity index (χ4v) is 15.3. The predicted molar refractivity (Wildman–Crippen MR) is 437 cm³/mol. The third-order valence-electron chi connectivity index (χ3n) is 20.6. The molecule has 0 aliphatic carbocycles. The van der Waals surface area contributed by atoms with Gasteiger partial charge in [-0.1, -0.05) is 426 Å². The van der Waals surface area contributed by atoms with E-state index >= 15 is 0 Å². The molecule has 0 spiro atoms. The normalized spacial score (nSPS) is 13.7. The Hall–Kier alpha value is -1.94. The first-order valence-electron chi connectivity index (χ1n) is 45.3. The van der Waals surface area contributed by atoms with Crippen molar-refractivity contribution in [1.82, 2.24) is 0 Å². The number of aliphatic hydroxyl groups is 1. The van der Waals surface area contributed by atoms with Gasteiger partial charge in [0.25, 0.3) is 0 Å². The molecule has 0 saturated carbocycles. The average molecular weight is 1550 g/mol. The number of unbranched alkanes of at least 4 members (excludes halogenated alkanes) is 62. The summed E-state index contributed by atoms with van der Waals surface area (Å²) in [5.41, 5.74) is 0. The van der Waals surface area contributed by atoms with Crippen LogP contribution >= 0.6 is 15.6 Å². The number of hydrogen-bond donors (Lipinski definition) is 3. The topological polar surface area (TPSA) is 237 Å². The van der Waals surface area contributed by atoms with Crippen LogP contribution in [-0.4, -0.2) is 96.7 Å². The Morgan fingerprint density at radius 3 is 0.557 bits per heavy atom. The van der Waals surface area contributed by atoms with Gasteiger partial charge in [0, 0.05) is 25.7 Å². The third-order valence-corrected chi connectivity index (χ3v) is 22.5. The fraction of sp³-hybridized carbons (Fsp3) is 0.954. The number of carbonyl (C=O) groups is 4. The zero-order chi connectivity index (χ0) is 77.4. The molecule has 3 N–H and O–H groups in total. The molecule has 0 rings (SSSR count). The highest BCUT2D eigenvalue weighted by atomic mass is 31.2. The summed E-state index contributed by atoms with van der Waals surface area (Å²) in [5, 5.41) is 10.7. The number of hydrogen-bond acceptors (Lipinski definition) is 15. The summed E-state index contributed by atoms with van der Waals surface area (Å²) in [6.07, 6.45) is 76.3. The van der Waals surface area contributed by atoms with Crippen molar-refractivity contribution in [1.29, 1.82) is 0 Å². The second-order valence-electron chi connectivity index (χ2n) is 31.3. The van der Waals surface area contributed by atoms with Crippen LogP contribution < -0.4 is 0 Å². The molecule has 0 aliphatic heterocycles. The Labute approximate surface area is 651 Å². The number of phosphoric acid groups is 2. The minimum absolute atomic E-state index is 0.109. The highest BCUT2D eigenvalue weighted by molar-refractivity contribution is 7.47. The van der Waals surface area contributed by atoms with Gasteiger partial charge in [0.2, 0.25) is 0 Å². The van der Waals surface area contributed by atoms with E-state index in [4.69, 9.17) is 37.0 Å². The Morgan fingerprint density at radius 1 is 0.226 bits per heavy atom. The number of ether oxygens (including phenoxy) is 4. The lowest BCUT2D eigenvalue weighted by molar-refractivity contribution is -0.161. The van der Waals surface area contributed by atoms with E-state index in [1.807, 2.05) is 0 Å². The van der Waals surface area contributed by atoms with Crippen LogP contribution in [-0.2, 0) is 65.4 Å². The Bertz CT molecular complexity index is 2000. The monoisotopic (exact) mass is 1550 g/mol. The van der Waals surface area contributed by atoms with Crippen molar-refractivity contribution in [2.24, 2.45) is 0 Å². The van der Waals surface area contributed by atoms with Gasteiger partial charge in [-0.3, -0.25) is 37.3 Å². The molecule has 0 aromatic rings. The van der Waals surface area contributed by atoms with Crippen molar-refractivity contribution < 1.29 is 80.2 Å². The molecule has 3 unspecified atom stereocenters. The van der Waals surface area contributed by atoms with Crippen molar-refractivity contribution >= 4 is 39.5 Å².